The molecule has 2 aliphatic carbocycles. The number of rotatable bonds is 5. The van der Waals surface area contributed by atoms with Gasteiger partial charge < -0.3 is 9.88 Å². The summed E-state index contributed by atoms with van der Waals surface area (Å²) in [6.45, 7) is 2.33. The van der Waals surface area contributed by atoms with Crippen molar-refractivity contribution in [1.82, 2.24) is 4.57 Å². The van der Waals surface area contributed by atoms with Gasteiger partial charge in [-0.25, -0.2) is 0 Å². The van der Waals surface area contributed by atoms with E-state index in [0.717, 1.165) is 5.69 Å². The first-order valence-electron chi connectivity index (χ1n) is 22.0. The smallest absolute Gasteiger partial charge is 0.0640 e. The van der Waals surface area contributed by atoms with Crippen LogP contribution < -0.4 is 15.8 Å². The van der Waals surface area contributed by atoms with Gasteiger partial charge in [0.15, 0.2) is 0 Å². The molecule has 1 N–H and O–H groups in total. The number of benzene rings is 9. The molecule has 0 radical (unpaired) electrons. The average Bonchev–Trinajstić information content (AvgIpc) is 3.62. The molecular weight excluding hydrogens is 761 g/mol. The SMILES string of the molecule is CC1(Nc2ccccc2-c2cccc(-c3ccc(-c4cc5c6c(c4)c4ccccc4n6-c4ccccc4-c4cc6ccccc6cc4-5)cc3)c2)C=c2ccccc2=C2C=CC=CC21. The molecule has 0 amide bonds. The number of fused-ring (bicyclic) bond motifs is 11. The Hall–Kier alpha value is -7.94. The average molecular weight is 803 g/mol. The van der Waals surface area contributed by atoms with Gasteiger partial charge >= 0.3 is 0 Å². The van der Waals surface area contributed by atoms with E-state index in [1.54, 1.807) is 0 Å². The number of allylic oxidation sites excluding steroid dienone is 3. The van der Waals surface area contributed by atoms with Crippen molar-refractivity contribution in [3.63, 3.8) is 0 Å². The van der Waals surface area contributed by atoms with Crippen molar-refractivity contribution in [2.75, 3.05) is 5.32 Å². The first-order chi connectivity index (χ1) is 31.1. The fourth-order valence-electron chi connectivity index (χ4n) is 10.9. The van der Waals surface area contributed by atoms with Crippen LogP contribution in [0, 0.1) is 5.92 Å². The molecule has 2 atom stereocenters. The summed E-state index contributed by atoms with van der Waals surface area (Å²) < 4.78 is 2.50. The van der Waals surface area contributed by atoms with Gasteiger partial charge in [0.25, 0.3) is 0 Å². The van der Waals surface area contributed by atoms with Crippen LogP contribution >= 0.6 is 0 Å². The zero-order valence-corrected chi connectivity index (χ0v) is 34.9. The predicted molar refractivity (Wildman–Crippen MR) is 266 cm³/mol. The fourth-order valence-corrected chi connectivity index (χ4v) is 10.9. The molecule has 2 unspecified atom stereocenters. The zero-order chi connectivity index (χ0) is 41.6. The summed E-state index contributed by atoms with van der Waals surface area (Å²) >= 11 is 0. The standard InChI is InChI=1S/C61H42N2/c1-61(38-45-17-4-5-20-47(45)49-22-6-10-25-56(49)61)62-57-26-11-7-21-48(57)44-19-14-18-41(33-44)39-29-31-40(32-30-39)46-36-54-51-24-9-13-28-59(51)63-58-27-12-8-23-50(58)52-34-42-15-2-3-16-43(42)35-53(52)55(37-46)60(54)63/h2-38,56,62H,1H3. The molecule has 10 aromatic rings. The molecule has 2 nitrogen and oxygen atoms in total. The van der Waals surface area contributed by atoms with Crippen molar-refractivity contribution in [3.8, 4) is 61.3 Å². The number of hydrogen-bond acceptors (Lipinski definition) is 1. The van der Waals surface area contributed by atoms with Crippen molar-refractivity contribution in [1.29, 1.82) is 0 Å². The maximum Gasteiger partial charge on any atom is 0.0640 e. The maximum absolute atomic E-state index is 4.05. The lowest BCUT2D eigenvalue weighted by atomic mass is 9.73. The third-order valence-corrected chi connectivity index (χ3v) is 13.8. The number of aromatic nitrogens is 1. The minimum atomic E-state index is -0.316. The number of hydrogen-bond donors (Lipinski definition) is 1. The van der Waals surface area contributed by atoms with E-state index < -0.39 is 0 Å². The van der Waals surface area contributed by atoms with Crippen LogP contribution in [0.15, 0.2) is 218 Å². The van der Waals surface area contributed by atoms with Crippen LogP contribution in [0.25, 0.3) is 106 Å². The highest BCUT2D eigenvalue weighted by molar-refractivity contribution is 6.18. The molecule has 0 spiro atoms. The normalized spacial score (nSPS) is 16.8. The van der Waals surface area contributed by atoms with Crippen molar-refractivity contribution in [2.24, 2.45) is 5.92 Å². The Labute approximate surface area is 366 Å². The largest absolute Gasteiger partial charge is 0.375 e. The van der Waals surface area contributed by atoms with E-state index in [0.29, 0.717) is 0 Å². The summed E-state index contributed by atoms with van der Waals surface area (Å²) in [6.07, 6.45) is 11.4. The lowest BCUT2D eigenvalue weighted by Crippen LogP contribution is -2.49. The number of nitrogens with one attached hydrogen (secondary N) is 1. The van der Waals surface area contributed by atoms with Crippen LogP contribution in [-0.2, 0) is 0 Å². The molecule has 13 rings (SSSR count). The van der Waals surface area contributed by atoms with E-state index in [9.17, 15) is 0 Å². The van der Waals surface area contributed by atoms with Gasteiger partial charge in [-0.3, -0.25) is 0 Å². The molecule has 1 aliphatic heterocycles. The number of nitrogens with zero attached hydrogens (tertiary/aromatic N) is 1. The zero-order valence-electron chi connectivity index (χ0n) is 34.9. The Bertz CT molecular complexity index is 3730. The fraction of sp³-hybridized carbons (Fsp3) is 0.0492. The minimum absolute atomic E-state index is 0.212. The van der Waals surface area contributed by atoms with Gasteiger partial charge in [-0.05, 0) is 121 Å². The van der Waals surface area contributed by atoms with Crippen molar-refractivity contribution < 1.29 is 0 Å². The van der Waals surface area contributed by atoms with Crippen LogP contribution in [0.3, 0.4) is 0 Å². The Morgan fingerprint density at radius 2 is 1.16 bits per heavy atom. The monoisotopic (exact) mass is 802 g/mol. The first kappa shape index (κ1) is 35.8. The van der Waals surface area contributed by atoms with Gasteiger partial charge in [0, 0.05) is 39.1 Å². The quantitative estimate of drug-likeness (QED) is 0.183. The summed E-state index contributed by atoms with van der Waals surface area (Å²) in [5, 5.41) is 11.7. The topological polar surface area (TPSA) is 17.0 Å². The van der Waals surface area contributed by atoms with Crippen LogP contribution in [0.5, 0.6) is 0 Å². The lowest BCUT2D eigenvalue weighted by molar-refractivity contribution is 0.576. The van der Waals surface area contributed by atoms with E-state index in [-0.39, 0.29) is 11.5 Å². The number of anilines is 1. The van der Waals surface area contributed by atoms with Gasteiger partial charge in [-0.15, -0.1) is 0 Å². The van der Waals surface area contributed by atoms with E-state index in [1.165, 1.54) is 110 Å². The van der Waals surface area contributed by atoms with E-state index >= 15 is 0 Å². The molecule has 0 bridgehead atoms. The highest BCUT2D eigenvalue weighted by Gasteiger charge is 2.36. The predicted octanol–water partition coefficient (Wildman–Crippen LogP) is 14.1. The second kappa shape index (κ2) is 13.8. The molecular formula is C61H42N2. The summed E-state index contributed by atoms with van der Waals surface area (Å²) in [5.41, 5.74) is 18.1. The van der Waals surface area contributed by atoms with Crippen molar-refractivity contribution in [3.05, 3.63) is 229 Å². The first-order valence-corrected chi connectivity index (χ1v) is 22.0. The Morgan fingerprint density at radius 1 is 0.476 bits per heavy atom. The maximum atomic E-state index is 4.05. The molecule has 1 aromatic heterocycles. The van der Waals surface area contributed by atoms with Gasteiger partial charge in [0.1, 0.15) is 0 Å². The van der Waals surface area contributed by atoms with E-state index in [2.05, 4.69) is 241 Å². The molecule has 0 saturated carbocycles. The highest BCUT2D eigenvalue weighted by atomic mass is 15.0. The third kappa shape index (κ3) is 5.58. The molecule has 2 heteroatoms. The molecule has 63 heavy (non-hydrogen) atoms. The second-order valence-corrected chi connectivity index (χ2v) is 17.6. The van der Waals surface area contributed by atoms with Crippen LogP contribution in [0.4, 0.5) is 5.69 Å². The van der Waals surface area contributed by atoms with Gasteiger partial charge in [-0.1, -0.05) is 176 Å². The number of para-hydroxylation sites is 3. The summed E-state index contributed by atoms with van der Waals surface area (Å²) in [5.74, 6) is 0.212. The third-order valence-electron chi connectivity index (χ3n) is 13.8. The molecule has 296 valence electrons. The van der Waals surface area contributed by atoms with Gasteiger partial charge in [-0.2, -0.15) is 0 Å². The van der Waals surface area contributed by atoms with Crippen molar-refractivity contribution in [2.45, 2.75) is 12.5 Å². The van der Waals surface area contributed by atoms with Crippen LogP contribution in [-0.4, -0.2) is 10.1 Å². The summed E-state index contributed by atoms with van der Waals surface area (Å²) in [6, 6.07) is 71.9. The van der Waals surface area contributed by atoms with Crippen LogP contribution in [0.2, 0.25) is 0 Å². The van der Waals surface area contributed by atoms with Crippen LogP contribution in [0.1, 0.15) is 6.92 Å². The Kier molecular flexibility index (Phi) is 7.83. The molecule has 0 saturated heterocycles. The second-order valence-electron chi connectivity index (χ2n) is 17.6. The Balaban J connectivity index is 0.897. The summed E-state index contributed by atoms with van der Waals surface area (Å²) in [4.78, 5) is 0. The Morgan fingerprint density at radius 3 is 2.02 bits per heavy atom. The highest BCUT2D eigenvalue weighted by Crippen LogP contribution is 2.49. The molecule has 9 aromatic carbocycles. The molecule has 0 fully saturated rings. The lowest BCUT2D eigenvalue weighted by Gasteiger charge is -2.40. The van der Waals surface area contributed by atoms with E-state index in [1.807, 2.05) is 0 Å². The summed E-state index contributed by atoms with van der Waals surface area (Å²) in [7, 11) is 0. The van der Waals surface area contributed by atoms with Gasteiger partial charge in [0.2, 0.25) is 0 Å². The van der Waals surface area contributed by atoms with Gasteiger partial charge in [0.05, 0.1) is 22.3 Å². The minimum Gasteiger partial charge on any atom is -0.375 e. The van der Waals surface area contributed by atoms with E-state index in [4.69, 9.17) is 0 Å². The van der Waals surface area contributed by atoms with Crippen molar-refractivity contribution >= 4 is 49.9 Å². The molecule has 2 heterocycles. The molecule has 3 aliphatic rings.